The minimum Gasteiger partial charge on any atom is -0.311 e. The average molecular weight is 296 g/mol. The molecule has 0 aliphatic heterocycles. The summed E-state index contributed by atoms with van der Waals surface area (Å²) in [6.07, 6.45) is 4.35. The molecule has 1 aromatic heterocycles. The summed E-state index contributed by atoms with van der Waals surface area (Å²) in [4.78, 5) is 8.67. The predicted octanol–water partition coefficient (Wildman–Crippen LogP) is 3.60. The lowest BCUT2D eigenvalue weighted by Crippen LogP contribution is -2.20. The topological polar surface area (TPSA) is 37.8 Å². The number of benzene rings is 1. The van der Waals surface area contributed by atoms with Crippen LogP contribution in [0, 0.1) is 6.92 Å². The maximum atomic E-state index is 6.03. The fourth-order valence-electron chi connectivity index (χ4n) is 1.84. The van der Waals surface area contributed by atoms with Crippen molar-refractivity contribution in [3.8, 4) is 0 Å². The molecule has 1 unspecified atom stereocenters. The van der Waals surface area contributed by atoms with E-state index in [9.17, 15) is 0 Å². The van der Waals surface area contributed by atoms with Crippen LogP contribution in [0.5, 0.6) is 0 Å². The highest BCUT2D eigenvalue weighted by molar-refractivity contribution is 6.42. The van der Waals surface area contributed by atoms with Crippen LogP contribution in [-0.4, -0.2) is 17.0 Å². The second-order valence-corrected chi connectivity index (χ2v) is 5.19. The second-order valence-electron chi connectivity index (χ2n) is 4.38. The van der Waals surface area contributed by atoms with E-state index < -0.39 is 0 Å². The van der Waals surface area contributed by atoms with Gasteiger partial charge in [-0.05, 0) is 38.1 Å². The highest BCUT2D eigenvalue weighted by Crippen LogP contribution is 2.25. The first-order valence-corrected chi connectivity index (χ1v) is 6.75. The van der Waals surface area contributed by atoms with E-state index in [4.69, 9.17) is 23.2 Å². The zero-order valence-electron chi connectivity index (χ0n) is 10.8. The lowest BCUT2D eigenvalue weighted by molar-refractivity contribution is 0.572. The number of aromatic nitrogens is 2. The molecule has 0 radical (unpaired) electrons. The van der Waals surface area contributed by atoms with Crippen LogP contribution in [0.4, 0.5) is 0 Å². The van der Waals surface area contributed by atoms with E-state index in [2.05, 4.69) is 15.3 Å². The molecule has 0 saturated heterocycles. The van der Waals surface area contributed by atoms with Crippen molar-refractivity contribution in [2.24, 2.45) is 0 Å². The van der Waals surface area contributed by atoms with Crippen molar-refractivity contribution >= 4 is 23.2 Å². The van der Waals surface area contributed by atoms with Crippen LogP contribution >= 0.6 is 23.2 Å². The second kappa shape index (κ2) is 6.33. The molecule has 1 aromatic carbocycles. The Kier molecular flexibility index (Phi) is 4.75. The fraction of sp³-hybridized carbons (Fsp3) is 0.286. The SMILES string of the molecule is CNC(Cc1ccc(Cl)c(Cl)c1)c1cnc(C)cn1. The van der Waals surface area contributed by atoms with E-state index in [0.717, 1.165) is 23.4 Å². The number of hydrogen-bond acceptors (Lipinski definition) is 3. The Morgan fingerprint density at radius 3 is 2.53 bits per heavy atom. The summed E-state index contributed by atoms with van der Waals surface area (Å²) in [6, 6.07) is 5.77. The normalized spacial score (nSPS) is 12.4. The van der Waals surface area contributed by atoms with Gasteiger partial charge in [0.2, 0.25) is 0 Å². The monoisotopic (exact) mass is 295 g/mol. The summed E-state index contributed by atoms with van der Waals surface area (Å²) in [5.41, 5.74) is 2.93. The van der Waals surface area contributed by atoms with E-state index in [1.165, 1.54) is 0 Å². The Bertz CT molecular complexity index is 555. The number of nitrogens with zero attached hydrogens (tertiary/aromatic N) is 2. The van der Waals surface area contributed by atoms with Crippen molar-refractivity contribution in [1.82, 2.24) is 15.3 Å². The van der Waals surface area contributed by atoms with Gasteiger partial charge in [0.25, 0.3) is 0 Å². The zero-order chi connectivity index (χ0) is 13.8. The quantitative estimate of drug-likeness (QED) is 0.937. The molecule has 1 N–H and O–H groups in total. The van der Waals surface area contributed by atoms with Crippen molar-refractivity contribution in [2.45, 2.75) is 19.4 Å². The lowest BCUT2D eigenvalue weighted by Gasteiger charge is -2.15. The van der Waals surface area contributed by atoms with E-state index in [0.29, 0.717) is 10.0 Å². The van der Waals surface area contributed by atoms with Gasteiger partial charge in [-0.25, -0.2) is 0 Å². The summed E-state index contributed by atoms with van der Waals surface area (Å²) < 4.78 is 0. The summed E-state index contributed by atoms with van der Waals surface area (Å²) in [5.74, 6) is 0. The van der Waals surface area contributed by atoms with Gasteiger partial charge in [0.05, 0.1) is 33.7 Å². The largest absolute Gasteiger partial charge is 0.311 e. The molecule has 2 aromatic rings. The molecule has 1 heterocycles. The van der Waals surface area contributed by atoms with Crippen LogP contribution in [0.25, 0.3) is 0 Å². The standard InChI is InChI=1S/C14H15Cl2N3/c1-9-7-19-14(8-18-9)13(17-2)6-10-3-4-11(15)12(16)5-10/h3-5,7-8,13,17H,6H2,1-2H3. The molecule has 3 nitrogen and oxygen atoms in total. The van der Waals surface area contributed by atoms with Crippen LogP contribution in [-0.2, 0) is 6.42 Å². The summed E-state index contributed by atoms with van der Waals surface area (Å²) in [6.45, 7) is 1.92. The van der Waals surface area contributed by atoms with Gasteiger partial charge < -0.3 is 5.32 Å². The van der Waals surface area contributed by atoms with Gasteiger partial charge in [-0.15, -0.1) is 0 Å². The highest BCUT2D eigenvalue weighted by Gasteiger charge is 2.12. The zero-order valence-corrected chi connectivity index (χ0v) is 12.3. The maximum absolute atomic E-state index is 6.03. The minimum atomic E-state index is 0.102. The van der Waals surface area contributed by atoms with E-state index in [1.807, 2.05) is 32.2 Å². The molecule has 0 amide bonds. The first-order valence-electron chi connectivity index (χ1n) is 6.00. The van der Waals surface area contributed by atoms with Gasteiger partial charge >= 0.3 is 0 Å². The number of aryl methyl sites for hydroxylation is 1. The number of likely N-dealkylation sites (N-methyl/N-ethyl adjacent to an activating group) is 1. The lowest BCUT2D eigenvalue weighted by atomic mass is 10.0. The van der Waals surface area contributed by atoms with Crippen molar-refractivity contribution < 1.29 is 0 Å². The minimum absolute atomic E-state index is 0.102. The maximum Gasteiger partial charge on any atom is 0.0759 e. The summed E-state index contributed by atoms with van der Waals surface area (Å²) in [7, 11) is 1.91. The highest BCUT2D eigenvalue weighted by atomic mass is 35.5. The molecule has 1 atom stereocenters. The number of rotatable bonds is 4. The Morgan fingerprint density at radius 1 is 1.16 bits per heavy atom. The molecule has 2 rings (SSSR count). The van der Waals surface area contributed by atoms with Crippen molar-refractivity contribution in [2.75, 3.05) is 7.05 Å². The molecule has 100 valence electrons. The Balaban J connectivity index is 2.18. The van der Waals surface area contributed by atoms with Crippen molar-refractivity contribution in [3.63, 3.8) is 0 Å². The third-order valence-corrected chi connectivity index (χ3v) is 3.67. The van der Waals surface area contributed by atoms with Crippen LogP contribution in [0.15, 0.2) is 30.6 Å². The van der Waals surface area contributed by atoms with Gasteiger partial charge in [-0.3, -0.25) is 9.97 Å². The number of hydrogen-bond donors (Lipinski definition) is 1. The molecular formula is C14H15Cl2N3. The third kappa shape index (κ3) is 3.66. The fourth-order valence-corrected chi connectivity index (χ4v) is 2.16. The first-order chi connectivity index (χ1) is 9.10. The number of nitrogens with one attached hydrogen (secondary N) is 1. The molecule has 0 fully saturated rings. The Hall–Kier alpha value is -1.16. The Morgan fingerprint density at radius 2 is 1.95 bits per heavy atom. The van der Waals surface area contributed by atoms with E-state index >= 15 is 0 Å². The van der Waals surface area contributed by atoms with Crippen LogP contribution < -0.4 is 5.32 Å². The average Bonchev–Trinajstić information content (AvgIpc) is 2.41. The molecule has 0 bridgehead atoms. The molecule has 0 aliphatic carbocycles. The van der Waals surface area contributed by atoms with E-state index in [-0.39, 0.29) is 6.04 Å². The predicted molar refractivity (Wildman–Crippen MR) is 78.7 cm³/mol. The molecule has 0 aliphatic rings. The molecule has 0 spiro atoms. The summed E-state index contributed by atoms with van der Waals surface area (Å²) in [5, 5.41) is 4.39. The van der Waals surface area contributed by atoms with Gasteiger partial charge in [0, 0.05) is 6.20 Å². The van der Waals surface area contributed by atoms with Crippen molar-refractivity contribution in [1.29, 1.82) is 0 Å². The smallest absolute Gasteiger partial charge is 0.0759 e. The Labute approximate surface area is 123 Å². The number of halogens is 2. The molecule has 5 heteroatoms. The van der Waals surface area contributed by atoms with E-state index in [1.54, 1.807) is 12.4 Å². The van der Waals surface area contributed by atoms with Crippen LogP contribution in [0.3, 0.4) is 0 Å². The first kappa shape index (κ1) is 14.3. The van der Waals surface area contributed by atoms with Gasteiger partial charge in [0.1, 0.15) is 0 Å². The third-order valence-electron chi connectivity index (χ3n) is 2.93. The van der Waals surface area contributed by atoms with Gasteiger partial charge in [0.15, 0.2) is 0 Å². The van der Waals surface area contributed by atoms with Crippen LogP contribution in [0.1, 0.15) is 23.0 Å². The summed E-state index contributed by atoms with van der Waals surface area (Å²) >= 11 is 11.9. The molecule has 19 heavy (non-hydrogen) atoms. The van der Waals surface area contributed by atoms with Crippen molar-refractivity contribution in [3.05, 3.63) is 57.6 Å². The van der Waals surface area contributed by atoms with Crippen LogP contribution in [0.2, 0.25) is 10.0 Å². The van der Waals surface area contributed by atoms with Gasteiger partial charge in [-0.1, -0.05) is 29.3 Å². The molecular weight excluding hydrogens is 281 g/mol. The molecule has 0 saturated carbocycles. The van der Waals surface area contributed by atoms with Gasteiger partial charge in [-0.2, -0.15) is 0 Å².